The van der Waals surface area contributed by atoms with E-state index in [1.54, 1.807) is 20.8 Å². The molecule has 0 aliphatic carbocycles. The van der Waals surface area contributed by atoms with Crippen LogP contribution in [-0.2, 0) is 18.4 Å². The third kappa shape index (κ3) is 4.36. The number of Topliss-reactive ketones (excluding diaryl/α,β-unsaturated/α-hetero) is 1. The number of aliphatic hydroxyl groups is 1. The van der Waals surface area contributed by atoms with Gasteiger partial charge in [-0.3, -0.25) is 9.36 Å². The first kappa shape index (κ1) is 16.5. The second-order valence-electron chi connectivity index (χ2n) is 3.59. The summed E-state index contributed by atoms with van der Waals surface area (Å²) in [6, 6.07) is 0. The Hall–Kier alpha value is -0.480. The summed E-state index contributed by atoms with van der Waals surface area (Å²) in [6.07, 6.45) is 2.52. The summed E-state index contributed by atoms with van der Waals surface area (Å²) in [4.78, 5) is 11.2. The number of allylic oxidation sites excluding steroid dienone is 1. The third-order valence-electron chi connectivity index (χ3n) is 2.02. The summed E-state index contributed by atoms with van der Waals surface area (Å²) >= 11 is 0. The van der Waals surface area contributed by atoms with Gasteiger partial charge in [0.25, 0.3) is 0 Å². The van der Waals surface area contributed by atoms with Crippen molar-refractivity contribution in [1.82, 2.24) is 0 Å². The van der Waals surface area contributed by atoms with Crippen molar-refractivity contribution in [2.75, 3.05) is 13.2 Å². The van der Waals surface area contributed by atoms with Crippen molar-refractivity contribution in [2.24, 2.45) is 0 Å². The van der Waals surface area contributed by atoms with Gasteiger partial charge in [-0.25, -0.2) is 0 Å². The van der Waals surface area contributed by atoms with Crippen LogP contribution in [0, 0.1) is 0 Å². The van der Waals surface area contributed by atoms with Crippen molar-refractivity contribution in [3.05, 3.63) is 12.2 Å². The molecule has 6 heteroatoms. The predicted octanol–water partition coefficient (Wildman–Crippen LogP) is 2.50. The summed E-state index contributed by atoms with van der Waals surface area (Å²) in [7, 11) is -3.76. The van der Waals surface area contributed by atoms with Crippen molar-refractivity contribution >= 4 is 13.4 Å². The van der Waals surface area contributed by atoms with Crippen LogP contribution in [0.2, 0.25) is 0 Å². The van der Waals surface area contributed by atoms with E-state index in [0.29, 0.717) is 0 Å². The summed E-state index contributed by atoms with van der Waals surface area (Å²) in [5, 5.41) is 8.45. The first-order chi connectivity index (χ1) is 7.85. The molecule has 0 saturated heterocycles. The molecular weight excluding hydrogens is 243 g/mol. The Labute approximate surface area is 102 Å². The van der Waals surface area contributed by atoms with Gasteiger partial charge in [0.15, 0.2) is 5.34 Å². The molecule has 5 nitrogen and oxygen atoms in total. The number of ketones is 1. The van der Waals surface area contributed by atoms with Crippen LogP contribution in [0.25, 0.3) is 0 Å². The average Bonchev–Trinajstić information content (AvgIpc) is 2.17. The molecule has 0 aliphatic heterocycles. The summed E-state index contributed by atoms with van der Waals surface area (Å²) in [6.45, 7) is 6.54. The zero-order chi connectivity index (χ0) is 13.5. The highest BCUT2D eigenvalue weighted by Gasteiger charge is 2.48. The lowest BCUT2D eigenvalue weighted by Gasteiger charge is -2.31. The van der Waals surface area contributed by atoms with E-state index < -0.39 is 12.9 Å². The van der Waals surface area contributed by atoms with E-state index in [4.69, 9.17) is 9.05 Å². The minimum absolute atomic E-state index is 0.134. The summed E-state index contributed by atoms with van der Waals surface area (Å²) < 4.78 is 22.6. The van der Waals surface area contributed by atoms with E-state index in [1.165, 1.54) is 19.1 Å². The molecule has 1 atom stereocenters. The first-order valence-electron chi connectivity index (χ1n) is 5.60. The Kier molecular flexibility index (Phi) is 6.87. The number of hydrogen-bond acceptors (Lipinski definition) is 5. The Balaban J connectivity index is 5.35. The number of rotatable bonds is 8. The van der Waals surface area contributed by atoms with Crippen LogP contribution in [0.3, 0.4) is 0 Å². The van der Waals surface area contributed by atoms with Gasteiger partial charge < -0.3 is 14.2 Å². The lowest BCUT2D eigenvalue weighted by molar-refractivity contribution is -0.119. The van der Waals surface area contributed by atoms with Crippen LogP contribution in [-0.4, -0.2) is 29.4 Å². The molecule has 0 spiro atoms. The van der Waals surface area contributed by atoms with Crippen molar-refractivity contribution in [3.8, 4) is 0 Å². The zero-order valence-electron chi connectivity index (χ0n) is 10.8. The lowest BCUT2D eigenvalue weighted by Crippen LogP contribution is -2.31. The van der Waals surface area contributed by atoms with Crippen LogP contribution >= 0.6 is 7.60 Å². The number of hydrogen-bond donors (Lipinski definition) is 1. The molecule has 0 aromatic carbocycles. The molecule has 0 heterocycles. The predicted molar refractivity (Wildman–Crippen MR) is 65.9 cm³/mol. The van der Waals surface area contributed by atoms with E-state index in [9.17, 15) is 14.5 Å². The molecule has 0 aromatic heterocycles. The van der Waals surface area contributed by atoms with Crippen molar-refractivity contribution in [3.63, 3.8) is 0 Å². The molecule has 0 radical (unpaired) electrons. The first-order valence-corrected chi connectivity index (χ1v) is 7.14. The minimum atomic E-state index is -3.76. The van der Waals surface area contributed by atoms with Gasteiger partial charge in [0.1, 0.15) is 5.78 Å². The molecule has 1 unspecified atom stereocenters. The van der Waals surface area contributed by atoms with E-state index in [0.717, 1.165) is 0 Å². The van der Waals surface area contributed by atoms with Crippen LogP contribution in [0.5, 0.6) is 0 Å². The van der Waals surface area contributed by atoms with Crippen molar-refractivity contribution in [1.29, 1.82) is 0 Å². The highest BCUT2D eigenvalue weighted by Crippen LogP contribution is 2.60. The maximum atomic E-state index is 12.5. The molecule has 17 heavy (non-hydrogen) atoms. The Bertz CT molecular complexity index is 316. The lowest BCUT2D eigenvalue weighted by atomic mass is 10.2. The molecular formula is C11H21O5P. The van der Waals surface area contributed by atoms with E-state index in [2.05, 4.69) is 0 Å². The maximum Gasteiger partial charge on any atom is 0.366 e. The van der Waals surface area contributed by atoms with Gasteiger partial charge in [0, 0.05) is 0 Å². The summed E-state index contributed by atoms with van der Waals surface area (Å²) in [5.41, 5.74) is 0. The monoisotopic (exact) mass is 264 g/mol. The van der Waals surface area contributed by atoms with Gasteiger partial charge >= 0.3 is 7.60 Å². The second kappa shape index (κ2) is 7.07. The van der Waals surface area contributed by atoms with E-state index >= 15 is 0 Å². The average molecular weight is 264 g/mol. The molecule has 0 aliphatic rings. The SMILES string of the molecule is C/C=C/C(O)(CC(C)=O)P(=O)(OCC)OCC. The van der Waals surface area contributed by atoms with Crippen molar-refractivity contribution < 1.29 is 23.5 Å². The van der Waals surface area contributed by atoms with Gasteiger partial charge in [-0.05, 0) is 33.8 Å². The smallest absolute Gasteiger partial charge is 0.366 e. The van der Waals surface area contributed by atoms with E-state index in [-0.39, 0.29) is 25.4 Å². The van der Waals surface area contributed by atoms with Crippen LogP contribution in [0.15, 0.2) is 12.2 Å². The van der Waals surface area contributed by atoms with Crippen molar-refractivity contribution in [2.45, 2.75) is 39.5 Å². The highest BCUT2D eigenvalue weighted by molar-refractivity contribution is 7.55. The highest BCUT2D eigenvalue weighted by atomic mass is 31.2. The Morgan fingerprint density at radius 3 is 2.12 bits per heavy atom. The Morgan fingerprint density at radius 1 is 1.35 bits per heavy atom. The largest absolute Gasteiger partial charge is 0.373 e. The quantitative estimate of drug-likeness (QED) is 0.538. The molecule has 0 saturated carbocycles. The molecule has 0 bridgehead atoms. The normalized spacial score (nSPS) is 16.1. The molecule has 100 valence electrons. The van der Waals surface area contributed by atoms with Gasteiger partial charge in [-0.15, -0.1) is 0 Å². The second-order valence-corrected chi connectivity index (χ2v) is 5.88. The Morgan fingerprint density at radius 2 is 1.82 bits per heavy atom. The minimum Gasteiger partial charge on any atom is -0.373 e. The number of carbonyl (C=O) groups is 1. The standard InChI is InChI=1S/C11H21O5P/c1-5-8-11(13,9-10(4)12)17(14,15-6-2)16-7-3/h5,8,13H,6-7,9H2,1-4H3/b8-5+. The zero-order valence-corrected chi connectivity index (χ0v) is 11.7. The molecule has 0 amide bonds. The fourth-order valence-electron chi connectivity index (χ4n) is 1.48. The van der Waals surface area contributed by atoms with Crippen LogP contribution in [0.4, 0.5) is 0 Å². The van der Waals surface area contributed by atoms with Gasteiger partial charge in [-0.1, -0.05) is 6.08 Å². The number of carbonyl (C=O) groups excluding carboxylic acids is 1. The fraction of sp³-hybridized carbons (Fsp3) is 0.727. The van der Waals surface area contributed by atoms with Gasteiger partial charge in [0.2, 0.25) is 0 Å². The third-order valence-corrected chi connectivity index (χ3v) is 4.47. The molecule has 0 rings (SSSR count). The molecule has 0 fully saturated rings. The van der Waals surface area contributed by atoms with Crippen LogP contribution in [0.1, 0.15) is 34.1 Å². The maximum absolute atomic E-state index is 12.5. The van der Waals surface area contributed by atoms with Crippen LogP contribution < -0.4 is 0 Å². The van der Waals surface area contributed by atoms with Gasteiger partial charge in [-0.2, -0.15) is 0 Å². The van der Waals surface area contributed by atoms with E-state index in [1.807, 2.05) is 0 Å². The molecule has 1 N–H and O–H groups in total. The topological polar surface area (TPSA) is 72.8 Å². The fourth-order valence-corrected chi connectivity index (χ4v) is 3.43. The van der Waals surface area contributed by atoms with Gasteiger partial charge in [0.05, 0.1) is 19.6 Å². The summed E-state index contributed by atoms with van der Waals surface area (Å²) in [5.74, 6) is -0.287. The molecule has 0 aromatic rings.